The molecular formula is C19H25NO. The zero-order valence-corrected chi connectivity index (χ0v) is 13.2. The Morgan fingerprint density at radius 3 is 2.43 bits per heavy atom. The first kappa shape index (κ1) is 15.7. The molecule has 0 aromatic heterocycles. The predicted octanol–water partition coefficient (Wildman–Crippen LogP) is 3.90. The van der Waals surface area contributed by atoms with E-state index in [4.69, 9.17) is 4.74 Å². The maximum atomic E-state index is 5.79. The first-order valence-corrected chi connectivity index (χ1v) is 7.61. The largest absolute Gasteiger partial charge is 0.375 e. The Kier molecular flexibility index (Phi) is 5.97. The van der Waals surface area contributed by atoms with Crippen molar-refractivity contribution in [3.8, 4) is 0 Å². The Bertz CT molecular complexity index is 538. The second-order valence-corrected chi connectivity index (χ2v) is 5.42. The van der Waals surface area contributed by atoms with Crippen molar-refractivity contribution in [1.82, 2.24) is 5.32 Å². The summed E-state index contributed by atoms with van der Waals surface area (Å²) in [5.41, 5.74) is 3.87. The van der Waals surface area contributed by atoms with Crippen LogP contribution in [0, 0.1) is 6.92 Å². The highest BCUT2D eigenvalue weighted by atomic mass is 16.5. The van der Waals surface area contributed by atoms with E-state index in [0.29, 0.717) is 0 Å². The van der Waals surface area contributed by atoms with Crippen LogP contribution in [0.5, 0.6) is 0 Å². The van der Waals surface area contributed by atoms with E-state index in [2.05, 4.69) is 67.7 Å². The summed E-state index contributed by atoms with van der Waals surface area (Å²) in [6.45, 7) is 5.21. The Morgan fingerprint density at radius 1 is 1.05 bits per heavy atom. The van der Waals surface area contributed by atoms with Gasteiger partial charge in [0.2, 0.25) is 0 Å². The SMILES string of the molecule is CCNC(Cc1cccc(C)c1)C(OC)c1ccccc1. The lowest BCUT2D eigenvalue weighted by Gasteiger charge is -2.27. The van der Waals surface area contributed by atoms with E-state index in [9.17, 15) is 0 Å². The molecule has 2 heteroatoms. The van der Waals surface area contributed by atoms with E-state index in [1.165, 1.54) is 16.7 Å². The van der Waals surface area contributed by atoms with Crippen LogP contribution >= 0.6 is 0 Å². The Labute approximate surface area is 128 Å². The molecule has 2 aromatic carbocycles. The summed E-state index contributed by atoms with van der Waals surface area (Å²) in [7, 11) is 1.79. The lowest BCUT2D eigenvalue weighted by atomic mass is 9.95. The topological polar surface area (TPSA) is 21.3 Å². The van der Waals surface area contributed by atoms with Gasteiger partial charge in [0.05, 0.1) is 6.10 Å². The highest BCUT2D eigenvalue weighted by Crippen LogP contribution is 2.23. The zero-order chi connectivity index (χ0) is 15.1. The van der Waals surface area contributed by atoms with Crippen molar-refractivity contribution in [3.05, 3.63) is 71.3 Å². The van der Waals surface area contributed by atoms with Crippen LogP contribution in [0.25, 0.3) is 0 Å². The molecule has 112 valence electrons. The van der Waals surface area contributed by atoms with Gasteiger partial charge in [-0.05, 0) is 31.0 Å². The fourth-order valence-electron chi connectivity index (χ4n) is 2.82. The Hall–Kier alpha value is -1.64. The monoisotopic (exact) mass is 283 g/mol. The van der Waals surface area contributed by atoms with Gasteiger partial charge in [0, 0.05) is 13.2 Å². The summed E-state index contributed by atoms with van der Waals surface area (Å²) < 4.78 is 5.79. The Balaban J connectivity index is 2.20. The third-order valence-corrected chi connectivity index (χ3v) is 3.75. The number of methoxy groups -OCH3 is 1. The molecular weight excluding hydrogens is 258 g/mol. The van der Waals surface area contributed by atoms with Crippen LogP contribution in [0.1, 0.15) is 29.7 Å². The third kappa shape index (κ3) is 4.42. The summed E-state index contributed by atoms with van der Waals surface area (Å²) in [4.78, 5) is 0. The fourth-order valence-corrected chi connectivity index (χ4v) is 2.82. The van der Waals surface area contributed by atoms with Gasteiger partial charge in [0.25, 0.3) is 0 Å². The number of rotatable bonds is 7. The molecule has 0 aliphatic heterocycles. The number of benzene rings is 2. The minimum atomic E-state index is 0.0617. The maximum Gasteiger partial charge on any atom is 0.0977 e. The summed E-state index contributed by atoms with van der Waals surface area (Å²) >= 11 is 0. The zero-order valence-electron chi connectivity index (χ0n) is 13.2. The molecule has 2 aromatic rings. The number of ether oxygens (including phenoxy) is 1. The first-order chi connectivity index (χ1) is 10.2. The molecule has 0 heterocycles. The molecule has 0 aliphatic rings. The summed E-state index contributed by atoms with van der Waals surface area (Å²) in [6, 6.07) is 19.4. The Morgan fingerprint density at radius 2 is 1.81 bits per heavy atom. The van der Waals surface area contributed by atoms with Crippen LogP contribution in [0.2, 0.25) is 0 Å². The third-order valence-electron chi connectivity index (χ3n) is 3.75. The van der Waals surface area contributed by atoms with Gasteiger partial charge in [-0.1, -0.05) is 67.1 Å². The summed E-state index contributed by atoms with van der Waals surface area (Å²) in [5.74, 6) is 0. The standard InChI is InChI=1S/C19H25NO/c1-4-20-18(14-16-10-8-9-15(2)13-16)19(21-3)17-11-6-5-7-12-17/h5-13,18-20H,4,14H2,1-3H3. The van der Waals surface area contributed by atoms with E-state index in [1.54, 1.807) is 7.11 Å². The van der Waals surface area contributed by atoms with Crippen LogP contribution in [-0.2, 0) is 11.2 Å². The molecule has 0 spiro atoms. The van der Waals surface area contributed by atoms with Gasteiger partial charge >= 0.3 is 0 Å². The van der Waals surface area contributed by atoms with Crippen LogP contribution < -0.4 is 5.32 Å². The van der Waals surface area contributed by atoms with Crippen molar-refractivity contribution in [2.75, 3.05) is 13.7 Å². The van der Waals surface area contributed by atoms with Crippen LogP contribution in [0.3, 0.4) is 0 Å². The van der Waals surface area contributed by atoms with Gasteiger partial charge in [0.1, 0.15) is 0 Å². The van der Waals surface area contributed by atoms with Crippen molar-refractivity contribution in [2.24, 2.45) is 0 Å². The smallest absolute Gasteiger partial charge is 0.0977 e. The van der Waals surface area contributed by atoms with E-state index in [0.717, 1.165) is 13.0 Å². The number of hydrogen-bond donors (Lipinski definition) is 1. The lowest BCUT2D eigenvalue weighted by Crippen LogP contribution is -2.37. The maximum absolute atomic E-state index is 5.79. The fraction of sp³-hybridized carbons (Fsp3) is 0.368. The molecule has 0 aliphatic carbocycles. The molecule has 2 unspecified atom stereocenters. The van der Waals surface area contributed by atoms with Crippen LogP contribution in [0.15, 0.2) is 54.6 Å². The second kappa shape index (κ2) is 7.96. The summed E-state index contributed by atoms with van der Waals surface area (Å²) in [6.07, 6.45) is 1.02. The van der Waals surface area contributed by atoms with E-state index >= 15 is 0 Å². The highest BCUT2D eigenvalue weighted by molar-refractivity contribution is 5.25. The van der Waals surface area contributed by atoms with Crippen molar-refractivity contribution in [2.45, 2.75) is 32.4 Å². The minimum absolute atomic E-state index is 0.0617. The molecule has 2 nitrogen and oxygen atoms in total. The number of hydrogen-bond acceptors (Lipinski definition) is 2. The lowest BCUT2D eigenvalue weighted by molar-refractivity contribution is 0.0684. The van der Waals surface area contributed by atoms with E-state index < -0.39 is 0 Å². The molecule has 1 N–H and O–H groups in total. The molecule has 2 atom stereocenters. The normalized spacial score (nSPS) is 13.9. The van der Waals surface area contributed by atoms with Crippen molar-refractivity contribution < 1.29 is 4.74 Å². The second-order valence-electron chi connectivity index (χ2n) is 5.42. The van der Waals surface area contributed by atoms with Crippen LogP contribution in [-0.4, -0.2) is 19.7 Å². The van der Waals surface area contributed by atoms with Gasteiger partial charge in [-0.3, -0.25) is 0 Å². The number of likely N-dealkylation sites (N-methyl/N-ethyl adjacent to an activating group) is 1. The van der Waals surface area contributed by atoms with E-state index in [1.807, 2.05) is 6.07 Å². The molecule has 0 radical (unpaired) electrons. The van der Waals surface area contributed by atoms with Crippen LogP contribution in [0.4, 0.5) is 0 Å². The molecule has 2 rings (SSSR count). The highest BCUT2D eigenvalue weighted by Gasteiger charge is 2.22. The van der Waals surface area contributed by atoms with Crippen molar-refractivity contribution in [3.63, 3.8) is 0 Å². The quantitative estimate of drug-likeness (QED) is 0.832. The molecule has 0 bridgehead atoms. The van der Waals surface area contributed by atoms with Crippen molar-refractivity contribution in [1.29, 1.82) is 0 Å². The average Bonchev–Trinajstić information content (AvgIpc) is 2.49. The number of nitrogens with one attached hydrogen (secondary N) is 1. The molecule has 0 amide bonds. The van der Waals surface area contributed by atoms with Gasteiger partial charge in [-0.25, -0.2) is 0 Å². The molecule has 0 fully saturated rings. The first-order valence-electron chi connectivity index (χ1n) is 7.61. The van der Waals surface area contributed by atoms with Gasteiger partial charge < -0.3 is 10.1 Å². The predicted molar refractivity (Wildman–Crippen MR) is 88.5 cm³/mol. The molecule has 0 saturated carbocycles. The number of aryl methyl sites for hydroxylation is 1. The van der Waals surface area contributed by atoms with Gasteiger partial charge in [-0.2, -0.15) is 0 Å². The van der Waals surface area contributed by atoms with Gasteiger partial charge in [0.15, 0.2) is 0 Å². The summed E-state index contributed by atoms with van der Waals surface area (Å²) in [5, 5.41) is 3.58. The van der Waals surface area contributed by atoms with Crippen molar-refractivity contribution >= 4 is 0 Å². The van der Waals surface area contributed by atoms with E-state index in [-0.39, 0.29) is 12.1 Å². The van der Waals surface area contributed by atoms with Gasteiger partial charge in [-0.15, -0.1) is 0 Å². The average molecular weight is 283 g/mol. The molecule has 0 saturated heterocycles. The molecule has 21 heavy (non-hydrogen) atoms. The minimum Gasteiger partial charge on any atom is -0.375 e.